The van der Waals surface area contributed by atoms with Gasteiger partial charge < -0.3 is 33.9 Å². The van der Waals surface area contributed by atoms with E-state index in [9.17, 15) is 24.6 Å². The van der Waals surface area contributed by atoms with Crippen molar-refractivity contribution in [3.8, 4) is 0 Å². The minimum absolute atomic E-state index is 0.00855. The number of fused-ring (bicyclic) bond motifs is 5. The predicted molar refractivity (Wildman–Crippen MR) is 145 cm³/mol. The van der Waals surface area contributed by atoms with Crippen molar-refractivity contribution in [1.82, 2.24) is 0 Å². The summed E-state index contributed by atoms with van der Waals surface area (Å²) in [7, 11) is 2.94. The molecular weight excluding hydrogens is 532 g/mol. The van der Waals surface area contributed by atoms with Gasteiger partial charge in [-0.05, 0) is 37.1 Å². The Morgan fingerprint density at radius 3 is 2.27 bits per heavy atom. The summed E-state index contributed by atoms with van der Waals surface area (Å²) in [6, 6.07) is 8.35. The lowest BCUT2D eigenvalue weighted by Crippen LogP contribution is -2.82. The molecule has 5 rings (SSSR count). The molecule has 1 aromatic rings. The van der Waals surface area contributed by atoms with Gasteiger partial charge in [-0.2, -0.15) is 0 Å². The molecule has 1 aromatic carbocycles. The van der Waals surface area contributed by atoms with E-state index < -0.39 is 76.2 Å². The smallest absolute Gasteiger partial charge is 0.338 e. The van der Waals surface area contributed by atoms with Crippen molar-refractivity contribution in [3.63, 3.8) is 0 Å². The van der Waals surface area contributed by atoms with Crippen LogP contribution in [0.4, 0.5) is 0 Å². The molecule has 2 N–H and O–H groups in total. The largest absolute Gasteiger partial charge is 0.455 e. The fraction of sp³-hybridized carbons (Fsp3) is 0.645. The number of ketones is 1. The lowest BCUT2D eigenvalue weighted by molar-refractivity contribution is -0.347. The Morgan fingerprint density at radius 2 is 1.73 bits per heavy atom. The number of carbonyl (C=O) groups is 3. The van der Waals surface area contributed by atoms with Crippen LogP contribution in [0.3, 0.4) is 0 Å². The first-order valence-corrected chi connectivity index (χ1v) is 14.0. The molecule has 10 heteroatoms. The van der Waals surface area contributed by atoms with E-state index >= 15 is 0 Å². The normalized spacial score (nSPS) is 41.2. The number of aliphatic hydroxyl groups excluding tert-OH is 1. The molecule has 1 heterocycles. The van der Waals surface area contributed by atoms with Crippen LogP contribution >= 0.6 is 0 Å². The van der Waals surface area contributed by atoms with Crippen molar-refractivity contribution in [1.29, 1.82) is 0 Å². The molecule has 4 aliphatic rings. The molecule has 0 aromatic heterocycles. The van der Waals surface area contributed by atoms with E-state index in [2.05, 4.69) is 0 Å². The van der Waals surface area contributed by atoms with Crippen LogP contribution in [-0.2, 0) is 33.3 Å². The molecule has 2 saturated carbocycles. The van der Waals surface area contributed by atoms with Crippen LogP contribution in [0.2, 0.25) is 0 Å². The number of benzene rings is 1. The van der Waals surface area contributed by atoms with E-state index in [1.54, 1.807) is 58.0 Å². The van der Waals surface area contributed by atoms with Gasteiger partial charge in [-0.1, -0.05) is 32.0 Å². The summed E-state index contributed by atoms with van der Waals surface area (Å²) in [6.07, 6.45) is -5.05. The van der Waals surface area contributed by atoms with E-state index in [0.717, 1.165) is 0 Å². The molecule has 41 heavy (non-hydrogen) atoms. The monoisotopic (exact) mass is 572 g/mol. The van der Waals surface area contributed by atoms with Gasteiger partial charge in [-0.3, -0.25) is 9.59 Å². The summed E-state index contributed by atoms with van der Waals surface area (Å²) in [5, 5.41) is 24.8. The zero-order valence-corrected chi connectivity index (χ0v) is 24.6. The number of methoxy groups -OCH3 is 2. The molecule has 2 bridgehead atoms. The van der Waals surface area contributed by atoms with Crippen molar-refractivity contribution in [3.05, 3.63) is 47.0 Å². The Morgan fingerprint density at radius 1 is 1.07 bits per heavy atom. The van der Waals surface area contributed by atoms with Crippen molar-refractivity contribution in [2.24, 2.45) is 16.7 Å². The Balaban J connectivity index is 1.83. The Bertz CT molecular complexity index is 1270. The van der Waals surface area contributed by atoms with Crippen LogP contribution in [0.5, 0.6) is 0 Å². The predicted octanol–water partition coefficient (Wildman–Crippen LogP) is 2.39. The first-order valence-electron chi connectivity index (χ1n) is 14.0. The standard InChI is InChI=1S/C31H40O10/c1-16-19(37-6)14-31(36)26(40-27(35)18-11-9-8-10-12-18)24-29(5,25(34)23(33)22(16)28(31,3)4)20(38-7)13-21-30(24,15-39-21)41-17(2)32/h8-12,19-21,23-24,26,33,36H,13-15H2,1-7H3/t19-,20-,21+,23+,24-,26-,29+,30-,31?/m0/s1. The number of ether oxygens (including phenoxy) is 5. The van der Waals surface area contributed by atoms with Crippen molar-refractivity contribution in [2.45, 2.75) is 89.2 Å². The number of esters is 2. The topological polar surface area (TPSA) is 138 Å². The number of hydrogen-bond acceptors (Lipinski definition) is 10. The van der Waals surface area contributed by atoms with Gasteiger partial charge in [0.05, 0.1) is 35.7 Å². The van der Waals surface area contributed by atoms with E-state index in [0.29, 0.717) is 11.1 Å². The van der Waals surface area contributed by atoms with Gasteiger partial charge in [0.1, 0.15) is 23.9 Å². The van der Waals surface area contributed by atoms with Crippen LogP contribution in [0.15, 0.2) is 41.5 Å². The number of rotatable bonds is 5. The Hall–Kier alpha value is -2.63. The van der Waals surface area contributed by atoms with Gasteiger partial charge in [-0.15, -0.1) is 0 Å². The third kappa shape index (κ3) is 3.98. The summed E-state index contributed by atoms with van der Waals surface area (Å²) in [6.45, 7) is 8.05. The second-order valence-electron chi connectivity index (χ2n) is 12.6. The molecule has 0 spiro atoms. The van der Waals surface area contributed by atoms with Gasteiger partial charge in [0.25, 0.3) is 0 Å². The van der Waals surface area contributed by atoms with E-state index in [1.165, 1.54) is 21.1 Å². The molecular formula is C31H40O10. The molecule has 1 aliphatic heterocycles. The molecule has 0 radical (unpaired) electrons. The number of carbonyl (C=O) groups excluding carboxylic acids is 3. The molecule has 3 fully saturated rings. The number of aliphatic hydroxyl groups is 2. The summed E-state index contributed by atoms with van der Waals surface area (Å²) in [5.74, 6) is -3.05. The summed E-state index contributed by atoms with van der Waals surface area (Å²) in [4.78, 5) is 41.0. The third-order valence-corrected chi connectivity index (χ3v) is 10.5. The lowest BCUT2D eigenvalue weighted by Gasteiger charge is -2.67. The van der Waals surface area contributed by atoms with Crippen molar-refractivity contribution < 1.29 is 48.3 Å². The zero-order chi connectivity index (χ0) is 30.1. The number of hydrogen-bond donors (Lipinski definition) is 2. The van der Waals surface area contributed by atoms with E-state index in [-0.39, 0.29) is 25.0 Å². The van der Waals surface area contributed by atoms with Gasteiger partial charge in [0, 0.05) is 39.4 Å². The van der Waals surface area contributed by atoms with Crippen LogP contribution in [-0.4, -0.2) is 90.5 Å². The highest BCUT2D eigenvalue weighted by atomic mass is 16.6. The lowest BCUT2D eigenvalue weighted by atomic mass is 9.44. The zero-order valence-electron chi connectivity index (χ0n) is 24.6. The van der Waals surface area contributed by atoms with Gasteiger partial charge in [0.2, 0.25) is 0 Å². The third-order valence-electron chi connectivity index (χ3n) is 10.5. The molecule has 1 saturated heterocycles. The Labute approximate surface area is 239 Å². The van der Waals surface area contributed by atoms with E-state index in [1.807, 2.05) is 0 Å². The van der Waals surface area contributed by atoms with Crippen LogP contribution < -0.4 is 0 Å². The van der Waals surface area contributed by atoms with E-state index in [4.69, 9.17) is 23.7 Å². The molecule has 0 amide bonds. The highest BCUT2D eigenvalue weighted by Crippen LogP contribution is 2.64. The van der Waals surface area contributed by atoms with Gasteiger partial charge in [-0.25, -0.2) is 4.79 Å². The maximum atomic E-state index is 14.7. The van der Waals surface area contributed by atoms with Gasteiger partial charge in [0.15, 0.2) is 11.4 Å². The second kappa shape index (κ2) is 9.98. The highest BCUT2D eigenvalue weighted by molar-refractivity contribution is 5.94. The SMILES string of the molecule is CO[C@H]1CC2(O)[C@@H](OC(=O)c3ccccc3)[C@@H]3[C@]4(OC(C)=O)CO[C@@H]4C[C@H](OC)[C@@]3(C)C(=O)[C@H](O)C(=C1C)C2(C)C. The van der Waals surface area contributed by atoms with Gasteiger partial charge >= 0.3 is 11.9 Å². The molecule has 3 aliphatic carbocycles. The average Bonchev–Trinajstić information content (AvgIpc) is 2.92. The summed E-state index contributed by atoms with van der Waals surface area (Å²) < 4.78 is 29.9. The maximum absolute atomic E-state index is 14.7. The average molecular weight is 573 g/mol. The fourth-order valence-corrected chi connectivity index (χ4v) is 8.22. The van der Waals surface area contributed by atoms with Crippen molar-refractivity contribution >= 4 is 17.7 Å². The fourth-order valence-electron chi connectivity index (χ4n) is 8.22. The highest BCUT2D eigenvalue weighted by Gasteiger charge is 2.78. The van der Waals surface area contributed by atoms with Crippen LogP contribution in [0, 0.1) is 16.7 Å². The van der Waals surface area contributed by atoms with Crippen LogP contribution in [0.1, 0.15) is 57.8 Å². The summed E-state index contributed by atoms with van der Waals surface area (Å²) in [5.41, 5.74) is -4.98. The number of Topliss-reactive ketones (excluding diaryl/α,β-unsaturated/α-hetero) is 1. The molecule has 224 valence electrons. The minimum atomic E-state index is -1.89. The minimum Gasteiger partial charge on any atom is -0.455 e. The molecule has 10 nitrogen and oxygen atoms in total. The first-order chi connectivity index (χ1) is 19.2. The maximum Gasteiger partial charge on any atom is 0.338 e. The Kier molecular flexibility index (Phi) is 7.27. The first kappa shape index (κ1) is 29.8. The van der Waals surface area contributed by atoms with Crippen molar-refractivity contribution in [2.75, 3.05) is 20.8 Å². The second-order valence-corrected chi connectivity index (χ2v) is 12.6. The molecule has 1 unspecified atom stereocenters. The van der Waals surface area contributed by atoms with Crippen LogP contribution in [0.25, 0.3) is 0 Å². The quantitative estimate of drug-likeness (QED) is 0.400. The molecule has 9 atom stereocenters. The summed E-state index contributed by atoms with van der Waals surface area (Å²) >= 11 is 0.